The first kappa shape index (κ1) is 15.6. The molecule has 0 aliphatic carbocycles. The average molecular weight is 352 g/mol. The molecule has 3 heterocycles. The van der Waals surface area contributed by atoms with Gasteiger partial charge in [0.05, 0.1) is 10.5 Å². The van der Waals surface area contributed by atoms with Crippen LogP contribution in [0.1, 0.15) is 24.1 Å². The number of hydrogen-bond donors (Lipinski definition) is 3. The molecule has 0 saturated heterocycles. The lowest BCUT2D eigenvalue weighted by atomic mass is 9.71. The van der Waals surface area contributed by atoms with Crippen molar-refractivity contribution in [3.8, 4) is 6.07 Å². The summed E-state index contributed by atoms with van der Waals surface area (Å²) < 4.78 is 5.59. The molecular weight excluding hydrogens is 340 g/mol. The molecule has 26 heavy (non-hydrogen) atoms. The van der Waals surface area contributed by atoms with Gasteiger partial charge in [0, 0.05) is 29.8 Å². The summed E-state index contributed by atoms with van der Waals surface area (Å²) in [5, 5.41) is 26.3. The van der Waals surface area contributed by atoms with Crippen molar-refractivity contribution in [1.82, 2.24) is 4.98 Å². The van der Waals surface area contributed by atoms with Gasteiger partial charge in [0.2, 0.25) is 11.8 Å². The molecule has 2 aromatic rings. The Morgan fingerprint density at radius 2 is 2.23 bits per heavy atom. The van der Waals surface area contributed by atoms with Crippen molar-refractivity contribution in [2.45, 2.75) is 18.8 Å². The summed E-state index contributed by atoms with van der Waals surface area (Å²) in [6, 6.07) is 5.91. The molecule has 0 bridgehead atoms. The van der Waals surface area contributed by atoms with Gasteiger partial charge >= 0.3 is 0 Å². The Labute approximate surface area is 146 Å². The van der Waals surface area contributed by atoms with E-state index in [-0.39, 0.29) is 34.2 Å². The zero-order chi connectivity index (χ0) is 18.6. The van der Waals surface area contributed by atoms with Gasteiger partial charge in [0.15, 0.2) is 11.3 Å². The molecule has 1 amide bonds. The van der Waals surface area contributed by atoms with Gasteiger partial charge in [-0.3, -0.25) is 14.9 Å². The number of hydrogen-bond acceptors (Lipinski definition) is 8. The Bertz CT molecular complexity index is 1060. The topological polar surface area (TPSA) is 160 Å². The largest absolute Gasteiger partial charge is 0.425 e. The van der Waals surface area contributed by atoms with Crippen LogP contribution in [-0.4, -0.2) is 15.8 Å². The van der Waals surface area contributed by atoms with Crippen LogP contribution in [-0.2, 0) is 16.6 Å². The summed E-state index contributed by atoms with van der Waals surface area (Å²) in [6.45, 7) is 1.82. The summed E-state index contributed by atoms with van der Waals surface area (Å²) >= 11 is 0. The maximum absolute atomic E-state index is 13.0. The molecule has 1 atom stereocenters. The average Bonchev–Trinajstić information content (AvgIpc) is 3.14. The van der Waals surface area contributed by atoms with Crippen LogP contribution >= 0.6 is 0 Å². The van der Waals surface area contributed by atoms with Gasteiger partial charge in [-0.1, -0.05) is 6.92 Å². The maximum Gasteiger partial charge on any atom is 0.269 e. The van der Waals surface area contributed by atoms with E-state index in [0.717, 1.165) is 0 Å². The van der Waals surface area contributed by atoms with Crippen LogP contribution in [0, 0.1) is 21.4 Å². The highest BCUT2D eigenvalue weighted by atomic mass is 16.6. The summed E-state index contributed by atoms with van der Waals surface area (Å²) in [4.78, 5) is 28.0. The number of non-ortho nitro benzene ring substituents is 1. The monoisotopic (exact) mass is 352 g/mol. The predicted molar refractivity (Wildman–Crippen MR) is 88.8 cm³/mol. The number of nitrogens with one attached hydrogen (secondary N) is 2. The normalized spacial score (nSPS) is 20.2. The van der Waals surface area contributed by atoms with Crippen molar-refractivity contribution in [2.75, 3.05) is 10.6 Å². The van der Waals surface area contributed by atoms with Gasteiger partial charge in [-0.15, -0.1) is 0 Å². The van der Waals surface area contributed by atoms with E-state index in [9.17, 15) is 20.2 Å². The number of aryl methyl sites for hydroxylation is 1. The first-order chi connectivity index (χ1) is 12.4. The number of aromatic nitrogens is 1. The number of carbonyl (C=O) groups excluding carboxylic acids is 1. The van der Waals surface area contributed by atoms with Gasteiger partial charge in [-0.05, 0) is 6.07 Å². The minimum atomic E-state index is -1.70. The lowest BCUT2D eigenvalue weighted by molar-refractivity contribution is -0.384. The van der Waals surface area contributed by atoms with E-state index >= 15 is 0 Å². The third-order valence-electron chi connectivity index (χ3n) is 4.54. The summed E-state index contributed by atoms with van der Waals surface area (Å²) in [7, 11) is 0. The number of benzene rings is 1. The fraction of sp³-hybridized carbons (Fsp3) is 0.188. The number of anilines is 2. The standard InChI is InChI=1S/C16H12N6O4/c1-2-11-20-12-14(26-11)21-13(18)9(6-17)16(12)8-5-7(22(24)25)3-4-10(8)19-15(16)23/h3-5,21H,2,18H2,1H3,(H,19,23). The van der Waals surface area contributed by atoms with Crippen LogP contribution in [0.4, 0.5) is 17.3 Å². The van der Waals surface area contributed by atoms with Crippen molar-refractivity contribution in [3.63, 3.8) is 0 Å². The first-order valence-electron chi connectivity index (χ1n) is 7.71. The molecular formula is C16H12N6O4. The third kappa shape index (κ3) is 1.74. The predicted octanol–water partition coefficient (Wildman–Crippen LogP) is 1.50. The Morgan fingerprint density at radius 1 is 1.46 bits per heavy atom. The SMILES string of the molecule is CCc1nc2c(o1)NC(N)=C(C#N)C21C(=O)Nc2ccc([N+](=O)[O-])cc21. The number of nitriles is 1. The van der Waals surface area contributed by atoms with Gasteiger partial charge in [0.1, 0.15) is 17.6 Å². The van der Waals surface area contributed by atoms with Crippen molar-refractivity contribution in [3.05, 3.63) is 56.9 Å². The van der Waals surface area contributed by atoms with E-state index in [1.54, 1.807) is 0 Å². The second-order valence-electron chi connectivity index (χ2n) is 5.86. The minimum Gasteiger partial charge on any atom is -0.425 e. The maximum atomic E-state index is 13.0. The highest BCUT2D eigenvalue weighted by Crippen LogP contribution is 2.52. The molecule has 0 fully saturated rings. The number of nitro groups is 1. The fourth-order valence-electron chi connectivity index (χ4n) is 3.39. The number of carbonyl (C=O) groups is 1. The molecule has 0 saturated carbocycles. The first-order valence-corrected chi connectivity index (χ1v) is 7.71. The van der Waals surface area contributed by atoms with Gasteiger partial charge in [-0.25, -0.2) is 4.98 Å². The van der Waals surface area contributed by atoms with Crippen LogP contribution in [0.2, 0.25) is 0 Å². The second-order valence-corrected chi connectivity index (χ2v) is 5.86. The van der Waals surface area contributed by atoms with Gasteiger partial charge in [0.25, 0.3) is 5.69 Å². The van der Waals surface area contributed by atoms with Crippen LogP contribution in [0.3, 0.4) is 0 Å². The highest BCUT2D eigenvalue weighted by Gasteiger charge is 2.58. The molecule has 0 radical (unpaired) electrons. The third-order valence-corrected chi connectivity index (χ3v) is 4.54. The van der Waals surface area contributed by atoms with E-state index in [0.29, 0.717) is 18.0 Å². The number of fused-ring (bicyclic) bond motifs is 4. The van der Waals surface area contributed by atoms with Crippen molar-refractivity contribution in [1.29, 1.82) is 5.26 Å². The van der Waals surface area contributed by atoms with Crippen molar-refractivity contribution in [2.24, 2.45) is 5.73 Å². The molecule has 1 aromatic heterocycles. The Kier molecular flexibility index (Phi) is 3.05. The Balaban J connectivity index is 2.11. The molecule has 1 aromatic carbocycles. The minimum absolute atomic E-state index is 0.0618. The molecule has 1 unspecified atom stereocenters. The summed E-state index contributed by atoms with van der Waals surface area (Å²) in [6.07, 6.45) is 0.454. The van der Waals surface area contributed by atoms with E-state index in [1.807, 2.05) is 13.0 Å². The smallest absolute Gasteiger partial charge is 0.269 e. The zero-order valence-electron chi connectivity index (χ0n) is 13.5. The summed E-state index contributed by atoms with van der Waals surface area (Å²) in [5.74, 6) is -0.132. The zero-order valence-corrected chi connectivity index (χ0v) is 13.5. The van der Waals surface area contributed by atoms with Gasteiger partial charge < -0.3 is 20.8 Å². The number of rotatable bonds is 2. The van der Waals surface area contributed by atoms with E-state index in [2.05, 4.69) is 15.6 Å². The molecule has 130 valence electrons. The Hall–Kier alpha value is -3.87. The molecule has 10 nitrogen and oxygen atoms in total. The lowest BCUT2D eigenvalue weighted by Crippen LogP contribution is -2.43. The molecule has 1 spiro atoms. The molecule has 10 heteroatoms. The van der Waals surface area contributed by atoms with E-state index < -0.39 is 16.2 Å². The number of nitro benzene ring substituents is 1. The molecule has 4 rings (SSSR count). The van der Waals surface area contributed by atoms with Crippen molar-refractivity contribution >= 4 is 23.2 Å². The van der Waals surface area contributed by atoms with Crippen LogP contribution in [0.15, 0.2) is 34.0 Å². The lowest BCUT2D eigenvalue weighted by Gasteiger charge is -2.30. The van der Waals surface area contributed by atoms with Crippen LogP contribution in [0.5, 0.6) is 0 Å². The van der Waals surface area contributed by atoms with Crippen LogP contribution < -0.4 is 16.4 Å². The molecule has 4 N–H and O–H groups in total. The fourth-order valence-corrected chi connectivity index (χ4v) is 3.39. The van der Waals surface area contributed by atoms with Gasteiger partial charge in [-0.2, -0.15) is 5.26 Å². The number of nitrogens with zero attached hydrogens (tertiary/aromatic N) is 3. The van der Waals surface area contributed by atoms with Crippen molar-refractivity contribution < 1.29 is 14.1 Å². The number of nitrogens with two attached hydrogens (primary N) is 1. The highest BCUT2D eigenvalue weighted by molar-refractivity contribution is 6.13. The molecule has 2 aliphatic rings. The van der Waals surface area contributed by atoms with E-state index in [4.69, 9.17) is 10.2 Å². The number of amides is 1. The summed E-state index contributed by atoms with van der Waals surface area (Å²) in [5.41, 5.74) is 4.74. The van der Waals surface area contributed by atoms with E-state index in [1.165, 1.54) is 18.2 Å². The molecule has 2 aliphatic heterocycles. The second kappa shape index (κ2) is 5.06. The Morgan fingerprint density at radius 3 is 2.88 bits per heavy atom. The van der Waals surface area contributed by atoms with Crippen LogP contribution in [0.25, 0.3) is 0 Å². The quantitative estimate of drug-likeness (QED) is 0.541. The number of oxazole rings is 1.